The first kappa shape index (κ1) is 18.8. The van der Waals surface area contributed by atoms with E-state index in [-0.39, 0.29) is 5.56 Å². The third kappa shape index (κ3) is 5.22. The van der Waals surface area contributed by atoms with Crippen molar-refractivity contribution < 1.29 is 23.5 Å². The van der Waals surface area contributed by atoms with Crippen molar-refractivity contribution in [3.05, 3.63) is 69.9 Å². The van der Waals surface area contributed by atoms with E-state index in [1.165, 1.54) is 25.1 Å². The van der Waals surface area contributed by atoms with E-state index in [0.717, 1.165) is 10.5 Å². The van der Waals surface area contributed by atoms with Gasteiger partial charge in [-0.05, 0) is 43.3 Å². The fourth-order valence-electron chi connectivity index (χ4n) is 1.97. The molecule has 0 aromatic heterocycles. The molecular weight excluding hydrogens is 393 g/mol. The Hall–Kier alpha value is -2.54. The van der Waals surface area contributed by atoms with E-state index < -0.39 is 36.1 Å². The quantitative estimate of drug-likeness (QED) is 0.589. The summed E-state index contributed by atoms with van der Waals surface area (Å²) in [5.74, 6) is -2.56. The fraction of sp³-hybridized carbons (Fsp3) is 0.167. The number of amides is 1. The summed E-state index contributed by atoms with van der Waals surface area (Å²) in [6.45, 7) is 0.838. The zero-order chi connectivity index (χ0) is 18.4. The van der Waals surface area contributed by atoms with Gasteiger partial charge >= 0.3 is 5.97 Å². The first-order chi connectivity index (χ1) is 11.9. The van der Waals surface area contributed by atoms with Gasteiger partial charge in [-0.1, -0.05) is 28.1 Å². The number of hydrogen-bond acceptors (Lipinski definition) is 4. The molecule has 0 spiro atoms. The first-order valence-electron chi connectivity index (χ1n) is 7.39. The molecule has 0 bridgehead atoms. The van der Waals surface area contributed by atoms with Gasteiger partial charge in [-0.3, -0.25) is 9.59 Å². The fourth-order valence-corrected chi connectivity index (χ4v) is 2.23. The van der Waals surface area contributed by atoms with Gasteiger partial charge in [0.05, 0.1) is 5.56 Å². The highest BCUT2D eigenvalue weighted by Crippen LogP contribution is 2.11. The molecule has 7 heteroatoms. The van der Waals surface area contributed by atoms with Gasteiger partial charge in [0.15, 0.2) is 6.61 Å². The zero-order valence-electron chi connectivity index (χ0n) is 13.3. The van der Waals surface area contributed by atoms with Gasteiger partial charge in [-0.25, -0.2) is 9.18 Å². The molecule has 2 aromatic carbocycles. The van der Waals surface area contributed by atoms with Crippen molar-refractivity contribution in [1.29, 1.82) is 0 Å². The number of ketones is 1. The van der Waals surface area contributed by atoms with Crippen LogP contribution < -0.4 is 5.32 Å². The summed E-state index contributed by atoms with van der Waals surface area (Å²) >= 11 is 3.26. The largest absolute Gasteiger partial charge is 0.456 e. The number of esters is 1. The second-order valence-electron chi connectivity index (χ2n) is 5.21. The second kappa shape index (κ2) is 8.53. The molecule has 0 aliphatic heterocycles. The topological polar surface area (TPSA) is 72.5 Å². The molecule has 0 radical (unpaired) electrons. The Morgan fingerprint density at radius 3 is 2.40 bits per heavy atom. The van der Waals surface area contributed by atoms with Crippen LogP contribution in [0.2, 0.25) is 0 Å². The van der Waals surface area contributed by atoms with Crippen LogP contribution in [0.5, 0.6) is 0 Å². The molecule has 0 aliphatic rings. The van der Waals surface area contributed by atoms with Gasteiger partial charge in [-0.2, -0.15) is 0 Å². The molecule has 0 fully saturated rings. The number of halogens is 2. The highest BCUT2D eigenvalue weighted by atomic mass is 79.9. The maximum atomic E-state index is 13.5. The van der Waals surface area contributed by atoms with Crippen molar-refractivity contribution in [2.75, 3.05) is 6.61 Å². The van der Waals surface area contributed by atoms with Crippen LogP contribution in [0.3, 0.4) is 0 Å². The van der Waals surface area contributed by atoms with Crippen molar-refractivity contribution in [2.45, 2.75) is 13.0 Å². The number of ether oxygens (including phenoxy) is 1. The van der Waals surface area contributed by atoms with Crippen LogP contribution in [0.4, 0.5) is 4.39 Å². The van der Waals surface area contributed by atoms with Crippen molar-refractivity contribution >= 4 is 33.6 Å². The van der Waals surface area contributed by atoms with Crippen molar-refractivity contribution in [3.63, 3.8) is 0 Å². The Bertz CT molecular complexity index is 792. The van der Waals surface area contributed by atoms with Crippen LogP contribution in [0.1, 0.15) is 27.6 Å². The Morgan fingerprint density at radius 1 is 1.12 bits per heavy atom. The third-order valence-electron chi connectivity index (χ3n) is 3.33. The minimum Gasteiger partial charge on any atom is -0.456 e. The number of rotatable bonds is 6. The number of carbonyl (C=O) groups is 3. The second-order valence-corrected chi connectivity index (χ2v) is 6.13. The van der Waals surface area contributed by atoms with E-state index in [9.17, 15) is 18.8 Å². The molecule has 1 N–H and O–H groups in total. The van der Waals surface area contributed by atoms with E-state index in [2.05, 4.69) is 21.2 Å². The molecule has 0 saturated carbocycles. The predicted molar refractivity (Wildman–Crippen MR) is 92.8 cm³/mol. The minimum absolute atomic E-state index is 0.151. The van der Waals surface area contributed by atoms with Crippen LogP contribution in [0, 0.1) is 5.82 Å². The highest BCUT2D eigenvalue weighted by molar-refractivity contribution is 9.10. The van der Waals surface area contributed by atoms with E-state index >= 15 is 0 Å². The lowest BCUT2D eigenvalue weighted by molar-refractivity contribution is -0.144. The summed E-state index contributed by atoms with van der Waals surface area (Å²) in [6.07, 6.45) is 0. The van der Waals surface area contributed by atoms with Crippen LogP contribution in [-0.4, -0.2) is 30.3 Å². The number of Topliss-reactive ketones (excluding diaryl/α,β-unsaturated/α-hetero) is 1. The van der Waals surface area contributed by atoms with Crippen LogP contribution in [0.15, 0.2) is 53.0 Å². The van der Waals surface area contributed by atoms with E-state index in [4.69, 9.17) is 4.74 Å². The number of hydrogen-bond donors (Lipinski definition) is 1. The van der Waals surface area contributed by atoms with Gasteiger partial charge in [0, 0.05) is 10.0 Å². The van der Waals surface area contributed by atoms with E-state index in [1.807, 2.05) is 0 Å². The molecule has 2 aromatic rings. The monoisotopic (exact) mass is 407 g/mol. The summed E-state index contributed by atoms with van der Waals surface area (Å²) < 4.78 is 19.2. The minimum atomic E-state index is -0.954. The van der Waals surface area contributed by atoms with Crippen LogP contribution >= 0.6 is 15.9 Å². The van der Waals surface area contributed by atoms with Crippen LogP contribution in [0.25, 0.3) is 0 Å². The number of nitrogens with one attached hydrogen (secondary N) is 1. The summed E-state index contributed by atoms with van der Waals surface area (Å²) in [4.78, 5) is 35.8. The Balaban J connectivity index is 1.88. The number of benzene rings is 2. The lowest BCUT2D eigenvalue weighted by Gasteiger charge is -2.13. The van der Waals surface area contributed by atoms with E-state index in [0.29, 0.717) is 5.56 Å². The highest BCUT2D eigenvalue weighted by Gasteiger charge is 2.20. The molecule has 5 nitrogen and oxygen atoms in total. The molecule has 1 amide bonds. The SMILES string of the molecule is C[C@H](NC(=O)c1ccc(Br)cc1)C(=O)OCC(=O)c1ccccc1F. The van der Waals surface area contributed by atoms with Crippen molar-refractivity contribution in [1.82, 2.24) is 5.32 Å². The Morgan fingerprint density at radius 2 is 1.76 bits per heavy atom. The predicted octanol–water partition coefficient (Wildman–Crippen LogP) is 3.13. The van der Waals surface area contributed by atoms with Gasteiger partial charge in [0.2, 0.25) is 5.78 Å². The average Bonchev–Trinajstić information content (AvgIpc) is 2.60. The lowest BCUT2D eigenvalue weighted by atomic mass is 10.1. The number of carbonyl (C=O) groups excluding carboxylic acids is 3. The molecular formula is C18H15BrFNO4. The summed E-state index contributed by atoms with van der Waals surface area (Å²) in [5.41, 5.74) is 0.229. The standard InChI is InChI=1S/C18H15BrFNO4/c1-11(21-17(23)12-6-8-13(19)9-7-12)18(24)25-10-16(22)14-4-2-3-5-15(14)20/h2-9,11H,10H2,1H3,(H,21,23)/t11-/m0/s1. The van der Waals surface area contributed by atoms with Gasteiger partial charge < -0.3 is 10.1 Å². The van der Waals surface area contributed by atoms with Gasteiger partial charge in [0.25, 0.3) is 5.91 Å². The molecule has 0 aliphatic carbocycles. The van der Waals surface area contributed by atoms with E-state index in [1.54, 1.807) is 24.3 Å². The molecule has 0 unspecified atom stereocenters. The third-order valence-corrected chi connectivity index (χ3v) is 3.86. The zero-order valence-corrected chi connectivity index (χ0v) is 14.9. The summed E-state index contributed by atoms with van der Waals surface area (Å²) in [6, 6.07) is 11.1. The molecule has 130 valence electrons. The lowest BCUT2D eigenvalue weighted by Crippen LogP contribution is -2.40. The maximum absolute atomic E-state index is 13.5. The first-order valence-corrected chi connectivity index (χ1v) is 8.18. The van der Waals surface area contributed by atoms with Gasteiger partial charge in [0.1, 0.15) is 11.9 Å². The maximum Gasteiger partial charge on any atom is 0.328 e. The summed E-state index contributed by atoms with van der Waals surface area (Å²) in [7, 11) is 0. The van der Waals surface area contributed by atoms with Crippen molar-refractivity contribution in [2.24, 2.45) is 0 Å². The molecule has 1 atom stereocenters. The summed E-state index contributed by atoms with van der Waals surface area (Å²) in [5, 5.41) is 2.48. The van der Waals surface area contributed by atoms with Crippen molar-refractivity contribution in [3.8, 4) is 0 Å². The average molecular weight is 408 g/mol. The smallest absolute Gasteiger partial charge is 0.328 e. The molecule has 2 rings (SSSR count). The molecule has 0 saturated heterocycles. The van der Waals surface area contributed by atoms with Gasteiger partial charge in [-0.15, -0.1) is 0 Å². The Labute approximate surface area is 152 Å². The molecule has 25 heavy (non-hydrogen) atoms. The van der Waals surface area contributed by atoms with Crippen LogP contribution in [-0.2, 0) is 9.53 Å². The molecule has 0 heterocycles. The Kier molecular flexibility index (Phi) is 6.41. The normalized spacial score (nSPS) is 11.5.